The van der Waals surface area contributed by atoms with Gasteiger partial charge in [-0.15, -0.1) is 0 Å². The summed E-state index contributed by atoms with van der Waals surface area (Å²) in [5.41, 5.74) is -0.730. The van der Waals surface area contributed by atoms with E-state index >= 15 is 0 Å². The number of nitrogens with zero attached hydrogens (tertiary/aromatic N) is 1. The third kappa shape index (κ3) is 3.78. The van der Waals surface area contributed by atoms with E-state index in [-0.39, 0.29) is 11.2 Å². The summed E-state index contributed by atoms with van der Waals surface area (Å²) < 4.78 is 7.20. The fourth-order valence-corrected chi connectivity index (χ4v) is 1.53. The van der Waals surface area contributed by atoms with Gasteiger partial charge in [0.1, 0.15) is 0 Å². The highest BCUT2D eigenvalue weighted by Crippen LogP contribution is 1.92. The van der Waals surface area contributed by atoms with E-state index in [0.717, 1.165) is 6.42 Å². The lowest BCUT2D eigenvalue weighted by Gasteiger charge is -2.05. The molecule has 1 N–H and O–H groups in total. The Bertz CT molecular complexity index is 424. The Labute approximate surface area is 101 Å². The van der Waals surface area contributed by atoms with Gasteiger partial charge in [-0.3, -0.25) is 14.3 Å². The Balaban J connectivity index is 2.66. The highest BCUT2D eigenvalue weighted by molar-refractivity contribution is 14.1. The Kier molecular flexibility index (Phi) is 5.03. The number of H-pyrrole nitrogens is 1. The molecule has 0 bridgehead atoms. The van der Waals surface area contributed by atoms with Crippen molar-refractivity contribution in [2.45, 2.75) is 19.9 Å². The van der Waals surface area contributed by atoms with Crippen molar-refractivity contribution in [2.24, 2.45) is 0 Å². The zero-order chi connectivity index (χ0) is 11.3. The largest absolute Gasteiger partial charge is 0.380 e. The molecule has 0 aliphatic carbocycles. The molecule has 1 heterocycles. The third-order valence-electron chi connectivity index (χ3n) is 1.79. The molecular weight excluding hydrogens is 311 g/mol. The lowest BCUT2D eigenvalue weighted by atomic mass is 10.5. The number of hydrogen-bond acceptors (Lipinski definition) is 3. The standard InChI is InChI=1S/C9H13IN2O3/c1-2-4-15-5-3-12-6-7(10)8(13)11-9(12)14/h6H,2-5H2,1H3,(H,11,13,14). The van der Waals surface area contributed by atoms with Gasteiger partial charge >= 0.3 is 5.69 Å². The van der Waals surface area contributed by atoms with Crippen LogP contribution in [0.15, 0.2) is 15.8 Å². The van der Waals surface area contributed by atoms with Gasteiger partial charge in [0.2, 0.25) is 0 Å². The summed E-state index contributed by atoms with van der Waals surface area (Å²) in [6.07, 6.45) is 2.50. The van der Waals surface area contributed by atoms with E-state index in [2.05, 4.69) is 4.98 Å². The average molecular weight is 324 g/mol. The predicted octanol–water partition coefficient (Wildman–Crippen LogP) is 0.568. The van der Waals surface area contributed by atoms with Crippen LogP contribution in [0.2, 0.25) is 0 Å². The second-order valence-corrected chi connectivity index (χ2v) is 4.20. The quantitative estimate of drug-likeness (QED) is 0.636. The molecule has 0 amide bonds. The number of hydrogen-bond donors (Lipinski definition) is 1. The normalized spacial score (nSPS) is 10.5. The van der Waals surface area contributed by atoms with Crippen molar-refractivity contribution in [3.05, 3.63) is 30.6 Å². The molecule has 1 aromatic heterocycles. The van der Waals surface area contributed by atoms with Crippen LogP contribution in [0.3, 0.4) is 0 Å². The van der Waals surface area contributed by atoms with Crippen molar-refractivity contribution in [1.82, 2.24) is 9.55 Å². The summed E-state index contributed by atoms with van der Waals surface area (Å²) in [5, 5.41) is 0. The Morgan fingerprint density at radius 1 is 1.47 bits per heavy atom. The molecule has 1 rings (SSSR count). The van der Waals surface area contributed by atoms with Crippen molar-refractivity contribution in [2.75, 3.05) is 13.2 Å². The number of aromatic nitrogens is 2. The van der Waals surface area contributed by atoms with Gasteiger partial charge in [-0.2, -0.15) is 0 Å². The van der Waals surface area contributed by atoms with Crippen LogP contribution in [0.5, 0.6) is 0 Å². The van der Waals surface area contributed by atoms with Gasteiger partial charge < -0.3 is 4.74 Å². The first-order valence-electron chi connectivity index (χ1n) is 4.72. The van der Waals surface area contributed by atoms with Crippen molar-refractivity contribution >= 4 is 22.6 Å². The second-order valence-electron chi connectivity index (χ2n) is 3.04. The van der Waals surface area contributed by atoms with Crippen LogP contribution >= 0.6 is 22.6 Å². The molecular formula is C9H13IN2O3. The number of nitrogens with one attached hydrogen (secondary N) is 1. The molecule has 5 nitrogen and oxygen atoms in total. The molecule has 0 radical (unpaired) electrons. The molecule has 1 aromatic rings. The SMILES string of the molecule is CCCOCCn1cc(I)c(=O)[nH]c1=O. The highest BCUT2D eigenvalue weighted by atomic mass is 127. The van der Waals surface area contributed by atoms with Crippen LogP contribution in [-0.4, -0.2) is 22.8 Å². The van der Waals surface area contributed by atoms with Gasteiger partial charge in [0, 0.05) is 12.8 Å². The van der Waals surface area contributed by atoms with Gasteiger partial charge in [-0.1, -0.05) is 6.92 Å². The molecule has 15 heavy (non-hydrogen) atoms. The maximum absolute atomic E-state index is 11.3. The first kappa shape index (κ1) is 12.4. The van der Waals surface area contributed by atoms with E-state index in [9.17, 15) is 9.59 Å². The molecule has 0 atom stereocenters. The Morgan fingerprint density at radius 3 is 2.87 bits per heavy atom. The Morgan fingerprint density at radius 2 is 2.20 bits per heavy atom. The molecule has 0 aliphatic rings. The van der Waals surface area contributed by atoms with Gasteiger partial charge in [-0.25, -0.2) is 4.79 Å². The molecule has 0 unspecified atom stereocenters. The van der Waals surface area contributed by atoms with Gasteiger partial charge in [0.25, 0.3) is 5.56 Å². The van der Waals surface area contributed by atoms with E-state index < -0.39 is 0 Å². The van der Waals surface area contributed by atoms with Crippen LogP contribution in [0.1, 0.15) is 13.3 Å². The van der Waals surface area contributed by atoms with Crippen molar-refractivity contribution in [1.29, 1.82) is 0 Å². The van der Waals surface area contributed by atoms with Crippen LogP contribution in [-0.2, 0) is 11.3 Å². The number of rotatable bonds is 5. The zero-order valence-electron chi connectivity index (χ0n) is 8.46. The third-order valence-corrected chi connectivity index (χ3v) is 2.56. The molecule has 0 saturated heterocycles. The summed E-state index contributed by atoms with van der Waals surface area (Å²) in [4.78, 5) is 24.6. The first-order valence-corrected chi connectivity index (χ1v) is 5.80. The van der Waals surface area contributed by atoms with Crippen molar-refractivity contribution in [3.63, 3.8) is 0 Å². The minimum atomic E-state index is -0.388. The predicted molar refractivity (Wildman–Crippen MR) is 65.1 cm³/mol. The van der Waals surface area contributed by atoms with E-state index in [0.29, 0.717) is 23.3 Å². The molecule has 0 aromatic carbocycles. The topological polar surface area (TPSA) is 64.1 Å². The summed E-state index contributed by atoms with van der Waals surface area (Å²) in [7, 11) is 0. The monoisotopic (exact) mass is 324 g/mol. The molecule has 0 spiro atoms. The van der Waals surface area contributed by atoms with E-state index in [4.69, 9.17) is 4.74 Å². The fourth-order valence-electron chi connectivity index (χ4n) is 1.06. The summed E-state index contributed by atoms with van der Waals surface area (Å²) >= 11 is 1.89. The lowest BCUT2D eigenvalue weighted by molar-refractivity contribution is 0.126. The number of aromatic amines is 1. The van der Waals surface area contributed by atoms with E-state index in [1.54, 1.807) is 0 Å². The van der Waals surface area contributed by atoms with E-state index in [1.807, 2.05) is 29.5 Å². The summed E-state index contributed by atoms with van der Waals surface area (Å²) in [6.45, 7) is 3.66. The molecule has 84 valence electrons. The van der Waals surface area contributed by atoms with E-state index in [1.165, 1.54) is 10.8 Å². The van der Waals surface area contributed by atoms with Gasteiger partial charge in [-0.05, 0) is 29.0 Å². The Hall–Kier alpha value is -0.630. The first-order chi connectivity index (χ1) is 7.15. The van der Waals surface area contributed by atoms with Crippen LogP contribution in [0, 0.1) is 3.57 Å². The summed E-state index contributed by atoms with van der Waals surface area (Å²) in [6, 6.07) is 0. The highest BCUT2D eigenvalue weighted by Gasteiger charge is 2.00. The maximum Gasteiger partial charge on any atom is 0.328 e. The van der Waals surface area contributed by atoms with Crippen LogP contribution in [0.25, 0.3) is 0 Å². The minimum Gasteiger partial charge on any atom is -0.380 e. The molecule has 6 heteroatoms. The fraction of sp³-hybridized carbons (Fsp3) is 0.556. The van der Waals surface area contributed by atoms with Gasteiger partial charge in [0.15, 0.2) is 0 Å². The smallest absolute Gasteiger partial charge is 0.328 e. The van der Waals surface area contributed by atoms with Crippen molar-refractivity contribution in [3.8, 4) is 0 Å². The van der Waals surface area contributed by atoms with Crippen molar-refractivity contribution < 1.29 is 4.74 Å². The lowest BCUT2D eigenvalue weighted by Crippen LogP contribution is -2.32. The van der Waals surface area contributed by atoms with Crippen LogP contribution < -0.4 is 11.2 Å². The molecule has 0 fully saturated rings. The zero-order valence-corrected chi connectivity index (χ0v) is 10.6. The molecule has 0 saturated carbocycles. The number of halogens is 1. The number of ether oxygens (including phenoxy) is 1. The maximum atomic E-state index is 11.3. The summed E-state index contributed by atoms with van der Waals surface area (Å²) in [5.74, 6) is 0. The average Bonchev–Trinajstić information content (AvgIpc) is 2.20. The van der Waals surface area contributed by atoms with Gasteiger partial charge in [0.05, 0.1) is 16.7 Å². The second kappa shape index (κ2) is 6.06. The van der Waals surface area contributed by atoms with Crippen LogP contribution in [0.4, 0.5) is 0 Å². The molecule has 0 aliphatic heterocycles. The minimum absolute atomic E-state index is 0.341.